The molecule has 1 unspecified atom stereocenters. The molecular weight excluding hydrogens is 320 g/mol. The highest BCUT2D eigenvalue weighted by Crippen LogP contribution is 2.42. The molecule has 1 fully saturated rings. The van der Waals surface area contributed by atoms with Crippen molar-refractivity contribution in [2.24, 2.45) is 5.92 Å². The number of hydrogen-bond acceptors (Lipinski definition) is 3. The number of aryl methyl sites for hydroxylation is 1. The molecule has 1 heterocycles. The lowest BCUT2D eigenvalue weighted by molar-refractivity contribution is 0.197. The predicted octanol–water partition coefficient (Wildman–Crippen LogP) is 4.52. The van der Waals surface area contributed by atoms with Crippen LogP contribution in [0.2, 0.25) is 5.02 Å². The summed E-state index contributed by atoms with van der Waals surface area (Å²) in [5.74, 6) is 1.32. The minimum absolute atomic E-state index is 0.579. The lowest BCUT2D eigenvalue weighted by Gasteiger charge is -2.35. The first-order valence-corrected chi connectivity index (χ1v) is 9.26. The number of benzene rings is 1. The van der Waals surface area contributed by atoms with Crippen LogP contribution in [0.1, 0.15) is 42.7 Å². The van der Waals surface area contributed by atoms with E-state index >= 15 is 0 Å². The predicted molar refractivity (Wildman–Crippen MR) is 99.5 cm³/mol. The van der Waals surface area contributed by atoms with Crippen molar-refractivity contribution in [3.05, 3.63) is 58.3 Å². The standard InChI is InChI=1S/C20H27ClN2O/c1-23-11-8-16(9-12-23)20-13-15(3-2-10-22-24)4-5-17-14-18(21)6-7-19(17)20/h2-3,6-7,10,14,16,20,22,24H,4-5,8-9,11-13H2,1H3/b10-2-,15-3-. The van der Waals surface area contributed by atoms with Gasteiger partial charge in [-0.1, -0.05) is 29.3 Å². The summed E-state index contributed by atoms with van der Waals surface area (Å²) >= 11 is 6.25. The van der Waals surface area contributed by atoms with Crippen molar-refractivity contribution in [3.8, 4) is 0 Å². The summed E-state index contributed by atoms with van der Waals surface area (Å²) in [5, 5.41) is 9.56. The normalized spacial score (nSPS) is 25.0. The molecule has 0 spiro atoms. The van der Waals surface area contributed by atoms with Crippen molar-refractivity contribution in [2.75, 3.05) is 20.1 Å². The quantitative estimate of drug-likeness (QED) is 0.624. The van der Waals surface area contributed by atoms with E-state index in [9.17, 15) is 0 Å². The molecule has 0 saturated carbocycles. The third-order valence-corrected chi connectivity index (χ3v) is 5.77. The molecule has 1 saturated heterocycles. The first kappa shape index (κ1) is 17.5. The second kappa shape index (κ2) is 8.19. The molecule has 0 bridgehead atoms. The zero-order valence-corrected chi connectivity index (χ0v) is 15.1. The Hall–Kier alpha value is -1.29. The maximum Gasteiger partial charge on any atom is 0.0408 e. The van der Waals surface area contributed by atoms with Gasteiger partial charge in [0.1, 0.15) is 0 Å². The van der Waals surface area contributed by atoms with Crippen LogP contribution >= 0.6 is 11.6 Å². The average Bonchev–Trinajstić information content (AvgIpc) is 2.75. The van der Waals surface area contributed by atoms with E-state index in [1.807, 2.05) is 12.1 Å². The molecule has 4 heteroatoms. The Balaban J connectivity index is 1.89. The van der Waals surface area contributed by atoms with Crippen LogP contribution in [0.15, 0.2) is 42.1 Å². The average molecular weight is 347 g/mol. The van der Waals surface area contributed by atoms with E-state index in [2.05, 4.69) is 35.6 Å². The Morgan fingerprint density at radius 1 is 1.25 bits per heavy atom. The molecule has 2 aliphatic rings. The zero-order chi connectivity index (χ0) is 16.9. The second-order valence-corrected chi connectivity index (χ2v) is 7.54. The molecule has 3 rings (SSSR count). The molecule has 130 valence electrons. The largest absolute Gasteiger partial charge is 0.306 e. The summed E-state index contributed by atoms with van der Waals surface area (Å²) in [6.07, 6.45) is 11.4. The van der Waals surface area contributed by atoms with E-state index in [1.54, 1.807) is 6.20 Å². The molecule has 1 aliphatic heterocycles. The van der Waals surface area contributed by atoms with E-state index < -0.39 is 0 Å². The van der Waals surface area contributed by atoms with Crippen LogP contribution in [0.5, 0.6) is 0 Å². The van der Waals surface area contributed by atoms with Gasteiger partial charge in [0.2, 0.25) is 0 Å². The molecule has 24 heavy (non-hydrogen) atoms. The highest BCUT2D eigenvalue weighted by atomic mass is 35.5. The fraction of sp³-hybridized carbons (Fsp3) is 0.500. The van der Waals surface area contributed by atoms with E-state index in [0.717, 1.165) is 30.2 Å². The van der Waals surface area contributed by atoms with Crippen molar-refractivity contribution in [2.45, 2.75) is 38.0 Å². The van der Waals surface area contributed by atoms with Gasteiger partial charge in [0.05, 0.1) is 0 Å². The monoisotopic (exact) mass is 346 g/mol. The van der Waals surface area contributed by atoms with Gasteiger partial charge in [0.15, 0.2) is 0 Å². The first-order chi connectivity index (χ1) is 11.7. The zero-order valence-electron chi connectivity index (χ0n) is 14.3. The van der Waals surface area contributed by atoms with Gasteiger partial charge in [0, 0.05) is 11.2 Å². The van der Waals surface area contributed by atoms with Gasteiger partial charge in [-0.2, -0.15) is 0 Å². The summed E-state index contributed by atoms with van der Waals surface area (Å²) in [7, 11) is 2.22. The minimum Gasteiger partial charge on any atom is -0.306 e. The molecule has 0 aromatic heterocycles. The molecule has 1 aromatic rings. The van der Waals surface area contributed by atoms with Crippen molar-refractivity contribution in [1.82, 2.24) is 10.4 Å². The van der Waals surface area contributed by atoms with Crippen LogP contribution < -0.4 is 5.48 Å². The van der Waals surface area contributed by atoms with Crippen LogP contribution in [0, 0.1) is 5.92 Å². The number of hydroxylamine groups is 1. The first-order valence-electron chi connectivity index (χ1n) is 8.88. The van der Waals surface area contributed by atoms with E-state index in [-0.39, 0.29) is 0 Å². The van der Waals surface area contributed by atoms with Crippen LogP contribution in [-0.2, 0) is 6.42 Å². The van der Waals surface area contributed by atoms with Crippen LogP contribution in [0.3, 0.4) is 0 Å². The number of nitrogens with one attached hydrogen (secondary N) is 1. The lowest BCUT2D eigenvalue weighted by Crippen LogP contribution is -2.32. The van der Waals surface area contributed by atoms with Gasteiger partial charge in [0.25, 0.3) is 0 Å². The molecule has 3 nitrogen and oxygen atoms in total. The molecular formula is C20H27ClN2O. The van der Waals surface area contributed by atoms with Crippen molar-refractivity contribution >= 4 is 11.6 Å². The number of allylic oxidation sites excluding steroid dienone is 3. The summed E-state index contributed by atoms with van der Waals surface area (Å²) < 4.78 is 0. The fourth-order valence-electron chi connectivity index (χ4n) is 4.17. The lowest BCUT2D eigenvalue weighted by atomic mass is 9.76. The topological polar surface area (TPSA) is 35.5 Å². The number of likely N-dealkylation sites (tertiary alicyclic amines) is 1. The van der Waals surface area contributed by atoms with E-state index in [1.165, 1.54) is 42.6 Å². The SMILES string of the molecule is CN1CCC(C2C/C(=C\C=C/NO)CCc3cc(Cl)ccc32)CC1. The van der Waals surface area contributed by atoms with Crippen molar-refractivity contribution < 1.29 is 5.21 Å². The third kappa shape index (κ3) is 4.21. The number of halogens is 1. The van der Waals surface area contributed by atoms with Crippen LogP contribution in [0.4, 0.5) is 0 Å². The van der Waals surface area contributed by atoms with Gasteiger partial charge < -0.3 is 4.90 Å². The minimum atomic E-state index is 0.579. The number of hydrogen-bond donors (Lipinski definition) is 2. The highest BCUT2D eigenvalue weighted by Gasteiger charge is 2.30. The summed E-state index contributed by atoms with van der Waals surface area (Å²) in [5.41, 5.74) is 6.45. The van der Waals surface area contributed by atoms with E-state index in [4.69, 9.17) is 16.8 Å². The molecule has 1 atom stereocenters. The Bertz CT molecular complexity index is 618. The van der Waals surface area contributed by atoms with Crippen molar-refractivity contribution in [1.29, 1.82) is 0 Å². The second-order valence-electron chi connectivity index (χ2n) is 7.11. The van der Waals surface area contributed by atoms with Gasteiger partial charge in [-0.3, -0.25) is 10.7 Å². The van der Waals surface area contributed by atoms with E-state index in [0.29, 0.717) is 5.92 Å². The summed E-state index contributed by atoms with van der Waals surface area (Å²) in [6, 6.07) is 6.47. The van der Waals surface area contributed by atoms with Gasteiger partial charge in [-0.25, -0.2) is 0 Å². The van der Waals surface area contributed by atoms with Crippen molar-refractivity contribution in [3.63, 3.8) is 0 Å². The molecule has 1 aliphatic carbocycles. The molecule has 0 amide bonds. The van der Waals surface area contributed by atoms with Gasteiger partial charge in [-0.15, -0.1) is 0 Å². The number of fused-ring (bicyclic) bond motifs is 1. The Labute approximate surface area is 150 Å². The Kier molecular flexibility index (Phi) is 5.99. The smallest absolute Gasteiger partial charge is 0.0408 e. The Morgan fingerprint density at radius 3 is 2.79 bits per heavy atom. The summed E-state index contributed by atoms with van der Waals surface area (Å²) in [6.45, 7) is 2.38. The Morgan fingerprint density at radius 2 is 2.04 bits per heavy atom. The maximum atomic E-state index is 8.72. The van der Waals surface area contributed by atoms with Crippen LogP contribution in [-0.4, -0.2) is 30.2 Å². The number of piperidine rings is 1. The van der Waals surface area contributed by atoms with Gasteiger partial charge in [-0.05, 0) is 93.4 Å². The molecule has 1 aromatic carbocycles. The summed E-state index contributed by atoms with van der Waals surface area (Å²) in [4.78, 5) is 2.43. The fourth-order valence-corrected chi connectivity index (χ4v) is 4.37. The maximum absolute atomic E-state index is 8.72. The number of nitrogens with zero attached hydrogens (tertiary/aromatic N) is 1. The highest BCUT2D eigenvalue weighted by molar-refractivity contribution is 6.30. The molecule has 0 radical (unpaired) electrons. The third-order valence-electron chi connectivity index (χ3n) is 5.54. The molecule has 2 N–H and O–H groups in total. The van der Waals surface area contributed by atoms with Gasteiger partial charge >= 0.3 is 0 Å². The number of rotatable bonds is 3. The van der Waals surface area contributed by atoms with Crippen LogP contribution in [0.25, 0.3) is 0 Å².